The van der Waals surface area contributed by atoms with E-state index in [0.717, 1.165) is 0 Å². The summed E-state index contributed by atoms with van der Waals surface area (Å²) < 4.78 is 22.5. The number of hydrazone groups is 1. The Balaban J connectivity index is 1.69. The minimum absolute atomic E-state index is 0.152. The predicted octanol–water partition coefficient (Wildman–Crippen LogP) is 4.02. The summed E-state index contributed by atoms with van der Waals surface area (Å²) in [6.45, 7) is 5.96. The summed E-state index contributed by atoms with van der Waals surface area (Å²) in [5, 5.41) is 20.1. The highest BCUT2D eigenvalue weighted by molar-refractivity contribution is 9.10. The van der Waals surface area contributed by atoms with Gasteiger partial charge in [0.2, 0.25) is 0 Å². The second-order valence-corrected chi connectivity index (χ2v) is 9.42. The number of hydrogen-bond donors (Lipinski definition) is 4. The molecule has 2 aromatic rings. The van der Waals surface area contributed by atoms with Crippen LogP contribution >= 0.6 is 27.5 Å². The number of urea groups is 1. The van der Waals surface area contributed by atoms with Gasteiger partial charge in [-0.05, 0) is 72.1 Å². The molecule has 0 unspecified atom stereocenters. The van der Waals surface area contributed by atoms with Crippen LogP contribution in [0.15, 0.2) is 51.2 Å². The van der Waals surface area contributed by atoms with Crippen molar-refractivity contribution in [2.45, 2.75) is 33.0 Å². The summed E-state index contributed by atoms with van der Waals surface area (Å²) in [7, 11) is 1.27. The monoisotopic (exact) mass is 624 g/mol. The van der Waals surface area contributed by atoms with Crippen LogP contribution in [-0.4, -0.2) is 56.5 Å². The largest absolute Gasteiger partial charge is 0.491 e. The SMILES string of the molecule is CCOc1cc([C@@H]2NC(=O)NC(C)=C2C(=O)OC)ccc1OC[C@H](O)N/N=C\c1cc(Cl)c(OCC)c(Br)c1. The maximum atomic E-state index is 12.4. The second-order valence-electron chi connectivity index (χ2n) is 8.16. The van der Waals surface area contributed by atoms with Crippen LogP contribution in [0, 0.1) is 0 Å². The Bertz CT molecular complexity index is 1250. The number of hydrogen-bond acceptors (Lipinski definition) is 9. The molecule has 0 aromatic heterocycles. The number of aliphatic hydroxyl groups excluding tert-OH is 1. The lowest BCUT2D eigenvalue weighted by Crippen LogP contribution is -2.45. The molecule has 2 aromatic carbocycles. The molecular formula is C26H30BrClN4O7. The lowest BCUT2D eigenvalue weighted by Gasteiger charge is -2.28. The van der Waals surface area contributed by atoms with Crippen LogP contribution in [0.4, 0.5) is 4.79 Å². The Kier molecular flexibility index (Phi) is 10.8. The van der Waals surface area contributed by atoms with Gasteiger partial charge in [-0.1, -0.05) is 17.7 Å². The molecule has 0 aliphatic carbocycles. The van der Waals surface area contributed by atoms with E-state index in [4.69, 9.17) is 30.5 Å². The molecule has 0 radical (unpaired) electrons. The van der Waals surface area contributed by atoms with E-state index < -0.39 is 24.3 Å². The number of nitrogens with zero attached hydrogens (tertiary/aromatic N) is 1. The quantitative estimate of drug-likeness (QED) is 0.120. The third-order valence-electron chi connectivity index (χ3n) is 5.42. The van der Waals surface area contributed by atoms with Crippen LogP contribution in [0.1, 0.15) is 37.9 Å². The number of esters is 1. The number of carbonyl (C=O) groups excluding carboxylic acids is 2. The normalized spacial score (nSPS) is 15.9. The molecule has 1 heterocycles. The molecule has 2 amide bonds. The number of nitrogens with one attached hydrogen (secondary N) is 3. The first kappa shape index (κ1) is 30.1. The van der Waals surface area contributed by atoms with Gasteiger partial charge >= 0.3 is 12.0 Å². The number of methoxy groups -OCH3 is 1. The topological polar surface area (TPSA) is 140 Å². The van der Waals surface area contributed by atoms with Gasteiger partial charge < -0.3 is 34.7 Å². The van der Waals surface area contributed by atoms with E-state index >= 15 is 0 Å². The summed E-state index contributed by atoms with van der Waals surface area (Å²) in [5.74, 6) is 0.699. The summed E-state index contributed by atoms with van der Waals surface area (Å²) >= 11 is 9.67. The number of rotatable bonds is 12. The van der Waals surface area contributed by atoms with Crippen molar-refractivity contribution in [2.75, 3.05) is 26.9 Å². The van der Waals surface area contributed by atoms with Crippen molar-refractivity contribution >= 4 is 45.7 Å². The second kappa shape index (κ2) is 14.1. The number of carbonyl (C=O) groups is 2. The van der Waals surface area contributed by atoms with E-state index in [2.05, 4.69) is 37.1 Å². The van der Waals surface area contributed by atoms with Gasteiger partial charge in [0, 0.05) is 5.70 Å². The van der Waals surface area contributed by atoms with Crippen LogP contribution in [-0.2, 0) is 9.53 Å². The molecule has 0 saturated carbocycles. The van der Waals surface area contributed by atoms with E-state index in [1.165, 1.54) is 13.3 Å². The Hall–Kier alpha value is -3.48. The van der Waals surface area contributed by atoms with Crippen molar-refractivity contribution in [2.24, 2.45) is 5.10 Å². The molecular weight excluding hydrogens is 596 g/mol. The van der Waals surface area contributed by atoms with Crippen LogP contribution < -0.4 is 30.3 Å². The van der Waals surface area contributed by atoms with Gasteiger partial charge in [-0.25, -0.2) is 9.59 Å². The number of benzene rings is 2. The zero-order valence-corrected chi connectivity index (χ0v) is 24.2. The summed E-state index contributed by atoms with van der Waals surface area (Å²) in [6, 6.07) is 7.26. The average Bonchev–Trinajstić information content (AvgIpc) is 2.89. The van der Waals surface area contributed by atoms with Crippen molar-refractivity contribution in [3.63, 3.8) is 0 Å². The van der Waals surface area contributed by atoms with Gasteiger partial charge in [0.15, 0.2) is 23.5 Å². The van der Waals surface area contributed by atoms with E-state index in [9.17, 15) is 14.7 Å². The molecule has 0 fully saturated rings. The van der Waals surface area contributed by atoms with Gasteiger partial charge in [0.1, 0.15) is 6.61 Å². The minimum atomic E-state index is -1.14. The third-order valence-corrected chi connectivity index (χ3v) is 6.29. The minimum Gasteiger partial charge on any atom is -0.491 e. The van der Waals surface area contributed by atoms with E-state index in [1.807, 2.05) is 13.8 Å². The predicted molar refractivity (Wildman–Crippen MR) is 149 cm³/mol. The summed E-state index contributed by atoms with van der Waals surface area (Å²) in [4.78, 5) is 24.5. The van der Waals surface area contributed by atoms with Crippen LogP contribution in [0.3, 0.4) is 0 Å². The highest BCUT2D eigenvalue weighted by atomic mass is 79.9. The Morgan fingerprint density at radius 2 is 1.95 bits per heavy atom. The molecule has 1 aliphatic rings. The Morgan fingerprint density at radius 1 is 1.21 bits per heavy atom. The number of halogens is 2. The first-order valence-electron chi connectivity index (χ1n) is 12.0. The molecule has 1 aliphatic heterocycles. The smallest absolute Gasteiger partial charge is 0.337 e. The first-order valence-corrected chi connectivity index (χ1v) is 13.2. The molecule has 2 atom stereocenters. The fourth-order valence-corrected chi connectivity index (χ4v) is 4.75. The molecule has 3 rings (SSSR count). The number of ether oxygens (including phenoxy) is 4. The summed E-state index contributed by atoms with van der Waals surface area (Å²) in [6.07, 6.45) is 0.356. The van der Waals surface area contributed by atoms with Crippen molar-refractivity contribution < 1.29 is 33.6 Å². The average molecular weight is 626 g/mol. The van der Waals surface area contributed by atoms with Gasteiger partial charge in [-0.2, -0.15) is 5.10 Å². The van der Waals surface area contributed by atoms with E-state index in [1.54, 1.807) is 37.3 Å². The lowest BCUT2D eigenvalue weighted by atomic mass is 9.95. The molecule has 210 valence electrons. The fourth-order valence-electron chi connectivity index (χ4n) is 3.76. The lowest BCUT2D eigenvalue weighted by molar-refractivity contribution is -0.136. The number of allylic oxidation sites excluding steroid dienone is 1. The highest BCUT2D eigenvalue weighted by Gasteiger charge is 2.32. The molecule has 0 saturated heterocycles. The zero-order chi connectivity index (χ0) is 28.5. The fraction of sp³-hybridized carbons (Fsp3) is 0.346. The van der Waals surface area contributed by atoms with Crippen LogP contribution in [0.25, 0.3) is 0 Å². The Labute approximate surface area is 239 Å². The van der Waals surface area contributed by atoms with Crippen molar-refractivity contribution in [3.8, 4) is 17.2 Å². The zero-order valence-electron chi connectivity index (χ0n) is 21.8. The molecule has 13 heteroatoms. The molecule has 0 spiro atoms. The third kappa shape index (κ3) is 7.78. The van der Waals surface area contributed by atoms with Gasteiger partial charge in [-0.3, -0.25) is 5.43 Å². The van der Waals surface area contributed by atoms with Crippen LogP contribution in [0.2, 0.25) is 5.02 Å². The Morgan fingerprint density at radius 3 is 2.62 bits per heavy atom. The van der Waals surface area contributed by atoms with Crippen molar-refractivity contribution in [1.29, 1.82) is 0 Å². The maximum absolute atomic E-state index is 12.4. The molecule has 4 N–H and O–H groups in total. The maximum Gasteiger partial charge on any atom is 0.337 e. The van der Waals surface area contributed by atoms with Crippen molar-refractivity contribution in [1.82, 2.24) is 16.1 Å². The van der Waals surface area contributed by atoms with Gasteiger partial charge in [0.05, 0.1) is 47.6 Å². The van der Waals surface area contributed by atoms with E-state index in [0.29, 0.717) is 56.8 Å². The standard InChI is InChI=1S/C26H30BrClN4O7/c1-5-37-20-11-16(23-22(25(34)36-4)14(3)30-26(35)31-23)7-8-19(20)39-13-21(33)32-29-12-15-9-17(27)24(38-6-2)18(28)10-15/h7-12,21,23,32-33H,5-6,13H2,1-4H3,(H2,30,31,35)/b29-12-/t21-,23-/m0/s1. The van der Waals surface area contributed by atoms with Crippen molar-refractivity contribution in [3.05, 3.63) is 62.2 Å². The van der Waals surface area contributed by atoms with Gasteiger partial charge in [0.25, 0.3) is 0 Å². The summed E-state index contributed by atoms with van der Waals surface area (Å²) in [5.41, 5.74) is 4.52. The number of amides is 2. The molecule has 39 heavy (non-hydrogen) atoms. The van der Waals surface area contributed by atoms with E-state index in [-0.39, 0.29) is 12.2 Å². The molecule has 0 bridgehead atoms. The van der Waals surface area contributed by atoms with Gasteiger partial charge in [-0.15, -0.1) is 0 Å². The highest BCUT2D eigenvalue weighted by Crippen LogP contribution is 2.35. The first-order chi connectivity index (χ1) is 18.7. The molecule has 11 nitrogen and oxygen atoms in total. The van der Waals surface area contributed by atoms with Crippen LogP contribution in [0.5, 0.6) is 17.2 Å². The number of aliphatic hydroxyl groups is 1.